The van der Waals surface area contributed by atoms with E-state index in [9.17, 15) is 0 Å². The molecule has 1 aliphatic carbocycles. The van der Waals surface area contributed by atoms with Crippen molar-refractivity contribution in [3.8, 4) is 0 Å². The molecule has 0 heterocycles. The van der Waals surface area contributed by atoms with Gasteiger partial charge in [-0.05, 0) is 12.8 Å². The number of ether oxygens (including phenoxy) is 2. The van der Waals surface area contributed by atoms with Crippen LogP contribution in [0.25, 0.3) is 0 Å². The van der Waals surface area contributed by atoms with Crippen LogP contribution in [0, 0.1) is 0 Å². The second kappa shape index (κ2) is 4.70. The van der Waals surface area contributed by atoms with Gasteiger partial charge < -0.3 is 15.2 Å². The summed E-state index contributed by atoms with van der Waals surface area (Å²) in [5, 5.41) is 0. The molecule has 0 aromatic carbocycles. The van der Waals surface area contributed by atoms with E-state index in [1.54, 1.807) is 7.11 Å². The van der Waals surface area contributed by atoms with Gasteiger partial charge >= 0.3 is 0 Å². The lowest BCUT2D eigenvalue weighted by Gasteiger charge is -2.27. The number of nitrogens with two attached hydrogens (primary N) is 1. The first-order chi connectivity index (χ1) is 5.34. The summed E-state index contributed by atoms with van der Waals surface area (Å²) in [4.78, 5) is 0. The van der Waals surface area contributed by atoms with Gasteiger partial charge in [-0.2, -0.15) is 0 Å². The minimum absolute atomic E-state index is 0.221. The number of hydrogen-bond donors (Lipinski definition) is 1. The maximum Gasteiger partial charge on any atom is 0.146 e. The molecular formula is C8H17NO2. The normalized spacial score (nSPS) is 32.2. The molecule has 2 N–H and O–H groups in total. The first-order valence-electron chi connectivity index (χ1n) is 4.20. The van der Waals surface area contributed by atoms with Crippen molar-refractivity contribution in [2.45, 2.75) is 37.8 Å². The van der Waals surface area contributed by atoms with E-state index in [0.29, 0.717) is 6.79 Å². The van der Waals surface area contributed by atoms with Gasteiger partial charge in [0.2, 0.25) is 0 Å². The molecule has 1 rings (SSSR count). The summed E-state index contributed by atoms with van der Waals surface area (Å²) in [6.45, 7) is 0.373. The summed E-state index contributed by atoms with van der Waals surface area (Å²) in [6, 6.07) is 0.221. The molecule has 1 fully saturated rings. The van der Waals surface area contributed by atoms with Crippen molar-refractivity contribution >= 4 is 0 Å². The molecule has 0 aromatic rings. The van der Waals surface area contributed by atoms with Crippen LogP contribution in [0.5, 0.6) is 0 Å². The van der Waals surface area contributed by atoms with Gasteiger partial charge in [0, 0.05) is 13.2 Å². The van der Waals surface area contributed by atoms with Gasteiger partial charge in [-0.1, -0.05) is 12.8 Å². The van der Waals surface area contributed by atoms with E-state index in [0.717, 1.165) is 12.8 Å². The predicted octanol–water partition coefficient (Wildman–Crippen LogP) is 0.877. The van der Waals surface area contributed by atoms with Gasteiger partial charge in [0.1, 0.15) is 6.79 Å². The SMILES string of the molecule is COCOC1CCCCC1N. The highest BCUT2D eigenvalue weighted by molar-refractivity contribution is 4.77. The highest BCUT2D eigenvalue weighted by Crippen LogP contribution is 2.19. The fourth-order valence-corrected chi connectivity index (χ4v) is 1.49. The lowest BCUT2D eigenvalue weighted by Crippen LogP contribution is -2.39. The van der Waals surface area contributed by atoms with Crippen molar-refractivity contribution in [1.82, 2.24) is 0 Å². The summed E-state index contributed by atoms with van der Waals surface area (Å²) < 4.78 is 10.2. The van der Waals surface area contributed by atoms with E-state index in [2.05, 4.69) is 0 Å². The Morgan fingerprint density at radius 1 is 1.36 bits per heavy atom. The predicted molar refractivity (Wildman–Crippen MR) is 43.2 cm³/mol. The molecule has 2 unspecified atom stereocenters. The molecule has 1 saturated carbocycles. The summed E-state index contributed by atoms with van der Waals surface area (Å²) in [7, 11) is 1.63. The van der Waals surface area contributed by atoms with E-state index in [1.165, 1.54) is 12.8 Å². The number of methoxy groups -OCH3 is 1. The van der Waals surface area contributed by atoms with Crippen molar-refractivity contribution in [2.24, 2.45) is 5.73 Å². The Morgan fingerprint density at radius 2 is 2.09 bits per heavy atom. The Bertz CT molecular complexity index is 108. The fourth-order valence-electron chi connectivity index (χ4n) is 1.49. The molecule has 1 aliphatic rings. The van der Waals surface area contributed by atoms with E-state index < -0.39 is 0 Å². The molecule has 0 aromatic heterocycles. The van der Waals surface area contributed by atoms with Gasteiger partial charge in [0.05, 0.1) is 6.10 Å². The zero-order chi connectivity index (χ0) is 8.10. The Balaban J connectivity index is 2.18. The van der Waals surface area contributed by atoms with Crippen LogP contribution in [-0.2, 0) is 9.47 Å². The second-order valence-electron chi connectivity index (χ2n) is 3.06. The summed E-state index contributed by atoms with van der Waals surface area (Å²) in [6.07, 6.45) is 4.89. The largest absolute Gasteiger partial charge is 0.359 e. The average Bonchev–Trinajstić information content (AvgIpc) is 2.03. The molecule has 0 saturated heterocycles. The first-order valence-corrected chi connectivity index (χ1v) is 4.20. The molecule has 0 amide bonds. The van der Waals surface area contributed by atoms with Crippen molar-refractivity contribution in [3.05, 3.63) is 0 Å². The van der Waals surface area contributed by atoms with Crippen LogP contribution in [0.1, 0.15) is 25.7 Å². The highest BCUT2D eigenvalue weighted by atomic mass is 16.7. The molecule has 0 bridgehead atoms. The van der Waals surface area contributed by atoms with E-state index in [-0.39, 0.29) is 12.1 Å². The minimum Gasteiger partial charge on any atom is -0.359 e. The highest BCUT2D eigenvalue weighted by Gasteiger charge is 2.21. The third kappa shape index (κ3) is 2.77. The average molecular weight is 159 g/mol. The maximum absolute atomic E-state index is 5.84. The van der Waals surface area contributed by atoms with Crippen molar-refractivity contribution < 1.29 is 9.47 Å². The summed E-state index contributed by atoms with van der Waals surface area (Å²) in [5.74, 6) is 0. The Morgan fingerprint density at radius 3 is 2.73 bits per heavy atom. The number of rotatable bonds is 3. The van der Waals surface area contributed by atoms with E-state index >= 15 is 0 Å². The lowest BCUT2D eigenvalue weighted by molar-refractivity contribution is -0.0881. The van der Waals surface area contributed by atoms with Crippen LogP contribution in [0.2, 0.25) is 0 Å². The van der Waals surface area contributed by atoms with Gasteiger partial charge in [0.25, 0.3) is 0 Å². The third-order valence-corrected chi connectivity index (χ3v) is 2.15. The fraction of sp³-hybridized carbons (Fsp3) is 1.00. The van der Waals surface area contributed by atoms with Crippen molar-refractivity contribution in [2.75, 3.05) is 13.9 Å². The third-order valence-electron chi connectivity index (χ3n) is 2.15. The van der Waals surface area contributed by atoms with Gasteiger partial charge in [0.15, 0.2) is 0 Å². The van der Waals surface area contributed by atoms with Crippen LogP contribution < -0.4 is 5.73 Å². The summed E-state index contributed by atoms with van der Waals surface area (Å²) >= 11 is 0. The van der Waals surface area contributed by atoms with Crippen LogP contribution >= 0.6 is 0 Å². The molecule has 0 spiro atoms. The topological polar surface area (TPSA) is 44.5 Å². The molecule has 11 heavy (non-hydrogen) atoms. The van der Waals surface area contributed by atoms with Gasteiger partial charge in [-0.3, -0.25) is 0 Å². The monoisotopic (exact) mass is 159 g/mol. The molecule has 2 atom stereocenters. The molecule has 66 valence electrons. The Hall–Kier alpha value is -0.120. The zero-order valence-electron chi connectivity index (χ0n) is 7.08. The maximum atomic E-state index is 5.84. The molecule has 3 heteroatoms. The smallest absolute Gasteiger partial charge is 0.146 e. The minimum atomic E-state index is 0.221. The van der Waals surface area contributed by atoms with E-state index in [4.69, 9.17) is 15.2 Å². The second-order valence-corrected chi connectivity index (χ2v) is 3.06. The molecule has 3 nitrogen and oxygen atoms in total. The standard InChI is InChI=1S/C8H17NO2/c1-10-6-11-8-5-3-2-4-7(8)9/h7-8H,2-6,9H2,1H3. The molecular weight excluding hydrogens is 142 g/mol. The van der Waals surface area contributed by atoms with Crippen molar-refractivity contribution in [3.63, 3.8) is 0 Å². The van der Waals surface area contributed by atoms with Crippen LogP contribution in [0.15, 0.2) is 0 Å². The quantitative estimate of drug-likeness (QED) is 0.622. The van der Waals surface area contributed by atoms with Gasteiger partial charge in [-0.25, -0.2) is 0 Å². The van der Waals surface area contributed by atoms with Gasteiger partial charge in [-0.15, -0.1) is 0 Å². The first kappa shape index (κ1) is 8.97. The summed E-state index contributed by atoms with van der Waals surface area (Å²) in [5.41, 5.74) is 5.84. The molecule has 0 radical (unpaired) electrons. The number of hydrogen-bond acceptors (Lipinski definition) is 3. The lowest BCUT2D eigenvalue weighted by atomic mass is 9.93. The van der Waals surface area contributed by atoms with Crippen molar-refractivity contribution in [1.29, 1.82) is 0 Å². The van der Waals surface area contributed by atoms with Crippen LogP contribution in [0.4, 0.5) is 0 Å². The zero-order valence-corrected chi connectivity index (χ0v) is 7.08. The van der Waals surface area contributed by atoms with E-state index in [1.807, 2.05) is 0 Å². The Kier molecular flexibility index (Phi) is 3.83. The van der Waals surface area contributed by atoms with Crippen LogP contribution in [0.3, 0.4) is 0 Å². The Labute approximate surface area is 67.9 Å². The molecule has 0 aliphatic heterocycles. The van der Waals surface area contributed by atoms with Crippen LogP contribution in [-0.4, -0.2) is 26.0 Å².